The van der Waals surface area contributed by atoms with Gasteiger partial charge in [0.25, 0.3) is 0 Å². The van der Waals surface area contributed by atoms with E-state index in [9.17, 15) is 4.79 Å². The van der Waals surface area contributed by atoms with Crippen LogP contribution in [0.25, 0.3) is 0 Å². The van der Waals surface area contributed by atoms with Crippen LogP contribution in [0.2, 0.25) is 0 Å². The van der Waals surface area contributed by atoms with Crippen LogP contribution in [0.3, 0.4) is 0 Å². The van der Waals surface area contributed by atoms with E-state index in [0.29, 0.717) is 0 Å². The molecule has 0 aromatic heterocycles. The van der Waals surface area contributed by atoms with Crippen molar-refractivity contribution in [2.24, 2.45) is 0 Å². The van der Waals surface area contributed by atoms with E-state index in [1.807, 2.05) is 4.90 Å². The van der Waals surface area contributed by atoms with Gasteiger partial charge in [-0.1, -0.05) is 32.9 Å². The molecule has 0 N–H and O–H groups in total. The van der Waals surface area contributed by atoms with Gasteiger partial charge in [0.2, 0.25) is 0 Å². The lowest BCUT2D eigenvalue weighted by atomic mass is 9.87. The zero-order chi connectivity index (χ0) is 16.5. The second-order valence-electron chi connectivity index (χ2n) is 7.28. The number of piperazine rings is 1. The molecule has 0 bridgehead atoms. The van der Waals surface area contributed by atoms with Crippen molar-refractivity contribution in [1.29, 1.82) is 0 Å². The standard InChI is InChI=1S/C18H28N2O2/c1-13-11-19(12-14(2)20(13)17(21)22-6)16-9-7-15(8-10-16)18(3,4)5/h7-10,13-14H,11-12H2,1-6H3/t13-,14+. The highest BCUT2D eigenvalue weighted by atomic mass is 16.5. The minimum Gasteiger partial charge on any atom is -0.453 e. The van der Waals surface area contributed by atoms with Crippen LogP contribution in [0, 0.1) is 0 Å². The van der Waals surface area contributed by atoms with Crippen LogP contribution >= 0.6 is 0 Å². The molecule has 0 unspecified atom stereocenters. The van der Waals surface area contributed by atoms with Crippen molar-refractivity contribution in [3.8, 4) is 0 Å². The highest BCUT2D eigenvalue weighted by Crippen LogP contribution is 2.27. The number of methoxy groups -OCH3 is 1. The molecule has 1 saturated heterocycles. The zero-order valence-electron chi connectivity index (χ0n) is 14.6. The van der Waals surface area contributed by atoms with Crippen molar-refractivity contribution in [2.75, 3.05) is 25.1 Å². The topological polar surface area (TPSA) is 32.8 Å². The summed E-state index contributed by atoms with van der Waals surface area (Å²) in [6, 6.07) is 9.06. The molecular formula is C18H28N2O2. The van der Waals surface area contributed by atoms with Gasteiger partial charge in [0.05, 0.1) is 19.2 Å². The van der Waals surface area contributed by atoms with Crippen LogP contribution in [0.5, 0.6) is 0 Å². The van der Waals surface area contributed by atoms with Crippen LogP contribution in [0.4, 0.5) is 10.5 Å². The number of rotatable bonds is 1. The van der Waals surface area contributed by atoms with Gasteiger partial charge in [0.15, 0.2) is 0 Å². The molecule has 1 fully saturated rings. The van der Waals surface area contributed by atoms with Crippen molar-refractivity contribution in [2.45, 2.75) is 52.1 Å². The second-order valence-corrected chi connectivity index (χ2v) is 7.28. The zero-order valence-corrected chi connectivity index (χ0v) is 14.6. The van der Waals surface area contributed by atoms with Crippen molar-refractivity contribution < 1.29 is 9.53 Å². The van der Waals surface area contributed by atoms with E-state index < -0.39 is 0 Å². The number of benzene rings is 1. The minimum atomic E-state index is -0.234. The summed E-state index contributed by atoms with van der Waals surface area (Å²) >= 11 is 0. The molecule has 4 heteroatoms. The third-order valence-electron chi connectivity index (χ3n) is 4.40. The summed E-state index contributed by atoms with van der Waals surface area (Å²) in [7, 11) is 1.44. The molecule has 2 atom stereocenters. The van der Waals surface area contributed by atoms with Gasteiger partial charge in [0.1, 0.15) is 0 Å². The molecule has 22 heavy (non-hydrogen) atoms. The summed E-state index contributed by atoms with van der Waals surface area (Å²) in [6.45, 7) is 12.5. The fourth-order valence-electron chi connectivity index (χ4n) is 3.17. The van der Waals surface area contributed by atoms with Gasteiger partial charge < -0.3 is 9.64 Å². The summed E-state index contributed by atoms with van der Waals surface area (Å²) in [5, 5.41) is 0. The number of hydrogen-bond acceptors (Lipinski definition) is 3. The first-order valence-electron chi connectivity index (χ1n) is 7.96. The SMILES string of the molecule is COC(=O)N1[C@H](C)CN(c2ccc(C(C)(C)C)cc2)C[C@@H]1C. The lowest BCUT2D eigenvalue weighted by molar-refractivity contribution is 0.0820. The van der Waals surface area contributed by atoms with E-state index in [4.69, 9.17) is 4.74 Å². The average Bonchev–Trinajstić information content (AvgIpc) is 2.45. The van der Waals surface area contributed by atoms with E-state index in [2.05, 4.69) is 63.8 Å². The van der Waals surface area contributed by atoms with Crippen LogP contribution in [-0.2, 0) is 10.2 Å². The Bertz CT molecular complexity index is 507. The summed E-state index contributed by atoms with van der Waals surface area (Å²) < 4.78 is 4.89. The number of carbonyl (C=O) groups is 1. The average molecular weight is 304 g/mol. The number of amides is 1. The van der Waals surface area contributed by atoms with Crippen molar-refractivity contribution >= 4 is 11.8 Å². The molecule has 0 saturated carbocycles. The summed E-state index contributed by atoms with van der Waals surface area (Å²) in [5.41, 5.74) is 2.73. The molecule has 0 aliphatic carbocycles. The number of carbonyl (C=O) groups excluding carboxylic acids is 1. The molecule has 2 rings (SSSR count). The molecule has 1 aromatic carbocycles. The first-order valence-corrected chi connectivity index (χ1v) is 7.96. The Morgan fingerprint density at radius 2 is 1.59 bits per heavy atom. The largest absolute Gasteiger partial charge is 0.453 e. The number of ether oxygens (including phenoxy) is 1. The van der Waals surface area contributed by atoms with Crippen molar-refractivity contribution in [3.05, 3.63) is 29.8 Å². The predicted octanol–water partition coefficient (Wildman–Crippen LogP) is 3.65. The molecule has 1 aromatic rings. The van der Waals surface area contributed by atoms with E-state index >= 15 is 0 Å². The minimum absolute atomic E-state index is 0.137. The smallest absolute Gasteiger partial charge is 0.410 e. The molecule has 1 heterocycles. The highest BCUT2D eigenvalue weighted by molar-refractivity contribution is 5.69. The summed E-state index contributed by atoms with van der Waals surface area (Å²) in [6.07, 6.45) is -0.234. The highest BCUT2D eigenvalue weighted by Gasteiger charge is 2.33. The van der Waals surface area contributed by atoms with Gasteiger partial charge >= 0.3 is 6.09 Å². The lowest BCUT2D eigenvalue weighted by Gasteiger charge is -2.44. The molecule has 0 radical (unpaired) electrons. The van der Waals surface area contributed by atoms with Crippen molar-refractivity contribution in [3.63, 3.8) is 0 Å². The third kappa shape index (κ3) is 3.37. The Morgan fingerprint density at radius 1 is 1.09 bits per heavy atom. The third-order valence-corrected chi connectivity index (χ3v) is 4.40. The van der Waals surface area contributed by atoms with E-state index in [0.717, 1.165) is 13.1 Å². The fourth-order valence-corrected chi connectivity index (χ4v) is 3.17. The Morgan fingerprint density at radius 3 is 2.00 bits per heavy atom. The van der Waals surface area contributed by atoms with Gasteiger partial charge in [-0.15, -0.1) is 0 Å². The first-order chi connectivity index (χ1) is 10.2. The maximum absolute atomic E-state index is 11.9. The first kappa shape index (κ1) is 16.7. The van der Waals surface area contributed by atoms with Gasteiger partial charge in [-0.05, 0) is 37.0 Å². The van der Waals surface area contributed by atoms with Crippen LogP contribution in [-0.4, -0.2) is 43.3 Å². The molecule has 122 valence electrons. The Labute approximate surface area is 134 Å². The predicted molar refractivity (Wildman–Crippen MR) is 90.5 cm³/mol. The molecule has 1 aliphatic heterocycles. The van der Waals surface area contributed by atoms with Gasteiger partial charge in [-0.2, -0.15) is 0 Å². The number of anilines is 1. The van der Waals surface area contributed by atoms with Crippen molar-refractivity contribution in [1.82, 2.24) is 4.90 Å². The molecule has 0 spiro atoms. The van der Waals surface area contributed by atoms with E-state index in [-0.39, 0.29) is 23.6 Å². The number of hydrogen-bond donors (Lipinski definition) is 0. The number of nitrogens with zero attached hydrogens (tertiary/aromatic N) is 2. The molecule has 1 aliphatic rings. The molecule has 4 nitrogen and oxygen atoms in total. The monoisotopic (exact) mass is 304 g/mol. The molecule has 1 amide bonds. The Hall–Kier alpha value is -1.71. The Kier molecular flexibility index (Phi) is 4.69. The van der Waals surface area contributed by atoms with Gasteiger partial charge in [0, 0.05) is 18.8 Å². The van der Waals surface area contributed by atoms with E-state index in [1.54, 1.807) is 0 Å². The van der Waals surface area contributed by atoms with Gasteiger partial charge in [-0.25, -0.2) is 4.79 Å². The molecular weight excluding hydrogens is 276 g/mol. The fraction of sp³-hybridized carbons (Fsp3) is 0.611. The normalized spacial score (nSPS) is 22.6. The quantitative estimate of drug-likeness (QED) is 0.794. The van der Waals surface area contributed by atoms with Crippen LogP contribution < -0.4 is 4.90 Å². The summed E-state index contributed by atoms with van der Waals surface area (Å²) in [4.78, 5) is 16.1. The van der Waals surface area contributed by atoms with E-state index in [1.165, 1.54) is 18.4 Å². The second kappa shape index (κ2) is 6.19. The van der Waals surface area contributed by atoms with Gasteiger partial charge in [-0.3, -0.25) is 4.90 Å². The summed E-state index contributed by atoms with van der Waals surface area (Å²) in [5.74, 6) is 0. The van der Waals surface area contributed by atoms with Crippen LogP contribution in [0.1, 0.15) is 40.2 Å². The van der Waals surface area contributed by atoms with Crippen LogP contribution in [0.15, 0.2) is 24.3 Å². The maximum Gasteiger partial charge on any atom is 0.410 e. The Balaban J connectivity index is 2.13. The maximum atomic E-state index is 11.9. The lowest BCUT2D eigenvalue weighted by Crippen LogP contribution is -2.58.